The molecular weight excluding hydrogens is 214 g/mol. The van der Waals surface area contributed by atoms with Gasteiger partial charge in [0.1, 0.15) is 5.82 Å². The number of hydrogen-bond acceptors (Lipinski definition) is 3. The SMILES string of the molecule is CCCCN(C)C(=O)c1cccnc1N(C)C. The maximum Gasteiger partial charge on any atom is 0.257 e. The van der Waals surface area contributed by atoms with Gasteiger partial charge in [0.05, 0.1) is 5.56 Å². The highest BCUT2D eigenvalue weighted by molar-refractivity contribution is 5.98. The first-order valence-corrected chi connectivity index (χ1v) is 5.95. The number of unbranched alkanes of at least 4 members (excludes halogenated alkanes) is 1. The van der Waals surface area contributed by atoms with Crippen LogP contribution in [0.3, 0.4) is 0 Å². The first-order valence-electron chi connectivity index (χ1n) is 5.95. The number of amides is 1. The summed E-state index contributed by atoms with van der Waals surface area (Å²) in [6.07, 6.45) is 3.82. The lowest BCUT2D eigenvalue weighted by Gasteiger charge is -2.20. The highest BCUT2D eigenvalue weighted by Gasteiger charge is 2.16. The van der Waals surface area contributed by atoms with E-state index in [0.29, 0.717) is 5.56 Å². The van der Waals surface area contributed by atoms with E-state index in [0.717, 1.165) is 25.2 Å². The molecule has 1 aromatic rings. The largest absolute Gasteiger partial charge is 0.362 e. The van der Waals surface area contributed by atoms with Crippen molar-refractivity contribution < 1.29 is 4.79 Å². The van der Waals surface area contributed by atoms with Gasteiger partial charge in [-0.3, -0.25) is 4.79 Å². The van der Waals surface area contributed by atoms with Gasteiger partial charge >= 0.3 is 0 Å². The zero-order valence-corrected chi connectivity index (χ0v) is 11.1. The molecule has 94 valence electrons. The second-order valence-electron chi connectivity index (χ2n) is 4.35. The van der Waals surface area contributed by atoms with Gasteiger partial charge in [-0.25, -0.2) is 4.98 Å². The molecule has 0 spiro atoms. The number of anilines is 1. The van der Waals surface area contributed by atoms with Crippen LogP contribution in [0.15, 0.2) is 18.3 Å². The van der Waals surface area contributed by atoms with Gasteiger partial charge in [-0.05, 0) is 18.6 Å². The summed E-state index contributed by atoms with van der Waals surface area (Å²) in [7, 11) is 5.63. The monoisotopic (exact) mass is 235 g/mol. The third kappa shape index (κ3) is 3.44. The number of aromatic nitrogens is 1. The Kier molecular flexibility index (Phi) is 4.94. The topological polar surface area (TPSA) is 36.4 Å². The van der Waals surface area contributed by atoms with Crippen molar-refractivity contribution in [1.82, 2.24) is 9.88 Å². The van der Waals surface area contributed by atoms with E-state index in [1.54, 1.807) is 17.2 Å². The number of carbonyl (C=O) groups is 1. The molecule has 0 aliphatic heterocycles. The summed E-state index contributed by atoms with van der Waals surface area (Å²) in [6.45, 7) is 2.91. The molecule has 1 aromatic heterocycles. The van der Waals surface area contributed by atoms with Crippen molar-refractivity contribution in [2.45, 2.75) is 19.8 Å². The summed E-state index contributed by atoms with van der Waals surface area (Å²) in [4.78, 5) is 20.1. The summed E-state index contributed by atoms with van der Waals surface area (Å²) in [5.74, 6) is 0.760. The minimum atomic E-state index is 0.0373. The normalized spacial score (nSPS) is 10.1. The molecule has 0 aliphatic carbocycles. The molecule has 0 atom stereocenters. The van der Waals surface area contributed by atoms with Crippen LogP contribution in [0.4, 0.5) is 5.82 Å². The highest BCUT2D eigenvalue weighted by atomic mass is 16.2. The van der Waals surface area contributed by atoms with Crippen LogP contribution >= 0.6 is 0 Å². The van der Waals surface area contributed by atoms with Crippen molar-refractivity contribution in [2.75, 3.05) is 32.6 Å². The summed E-state index contributed by atoms with van der Waals surface area (Å²) >= 11 is 0. The van der Waals surface area contributed by atoms with Crippen LogP contribution in [0.2, 0.25) is 0 Å². The highest BCUT2D eigenvalue weighted by Crippen LogP contribution is 2.16. The van der Waals surface area contributed by atoms with Gasteiger partial charge in [0, 0.05) is 33.9 Å². The average Bonchev–Trinajstić information content (AvgIpc) is 2.34. The Hall–Kier alpha value is -1.58. The fraction of sp³-hybridized carbons (Fsp3) is 0.538. The first-order chi connectivity index (χ1) is 8.07. The minimum Gasteiger partial charge on any atom is -0.362 e. The number of hydrogen-bond donors (Lipinski definition) is 0. The summed E-state index contributed by atoms with van der Waals surface area (Å²) in [5.41, 5.74) is 0.663. The standard InChI is InChI=1S/C13H21N3O/c1-5-6-10-16(4)13(17)11-8-7-9-14-12(11)15(2)3/h7-9H,5-6,10H2,1-4H3. The van der Waals surface area contributed by atoms with Crippen LogP contribution in [-0.4, -0.2) is 43.5 Å². The number of nitrogens with zero attached hydrogens (tertiary/aromatic N) is 3. The fourth-order valence-corrected chi connectivity index (χ4v) is 1.62. The third-order valence-electron chi connectivity index (χ3n) is 2.63. The van der Waals surface area contributed by atoms with Gasteiger partial charge in [-0.2, -0.15) is 0 Å². The molecule has 0 aliphatic rings. The molecule has 0 N–H and O–H groups in total. The molecular formula is C13H21N3O. The Morgan fingerprint density at radius 2 is 2.06 bits per heavy atom. The lowest BCUT2D eigenvalue weighted by Crippen LogP contribution is -2.29. The molecule has 17 heavy (non-hydrogen) atoms. The molecule has 4 heteroatoms. The molecule has 4 nitrogen and oxygen atoms in total. The summed E-state index contributed by atoms with van der Waals surface area (Å²) in [6, 6.07) is 3.63. The summed E-state index contributed by atoms with van der Waals surface area (Å²) in [5, 5.41) is 0. The van der Waals surface area contributed by atoms with E-state index < -0.39 is 0 Å². The van der Waals surface area contributed by atoms with Crippen molar-refractivity contribution in [2.24, 2.45) is 0 Å². The van der Waals surface area contributed by atoms with Crippen LogP contribution in [-0.2, 0) is 0 Å². The molecule has 1 heterocycles. The van der Waals surface area contributed by atoms with E-state index in [4.69, 9.17) is 0 Å². The predicted molar refractivity (Wildman–Crippen MR) is 70.4 cm³/mol. The van der Waals surface area contributed by atoms with E-state index in [1.807, 2.05) is 32.1 Å². The Morgan fingerprint density at radius 1 is 1.35 bits per heavy atom. The van der Waals surface area contributed by atoms with Crippen molar-refractivity contribution in [3.05, 3.63) is 23.9 Å². The lowest BCUT2D eigenvalue weighted by molar-refractivity contribution is 0.0793. The molecule has 0 unspecified atom stereocenters. The Morgan fingerprint density at radius 3 is 2.65 bits per heavy atom. The number of pyridine rings is 1. The van der Waals surface area contributed by atoms with Gasteiger partial charge in [0.25, 0.3) is 5.91 Å². The van der Waals surface area contributed by atoms with E-state index in [-0.39, 0.29) is 5.91 Å². The van der Waals surface area contributed by atoms with Gasteiger partial charge in [0.2, 0.25) is 0 Å². The van der Waals surface area contributed by atoms with E-state index in [1.165, 1.54) is 0 Å². The van der Waals surface area contributed by atoms with Gasteiger partial charge in [-0.1, -0.05) is 13.3 Å². The number of carbonyl (C=O) groups excluding carboxylic acids is 1. The molecule has 0 saturated heterocycles. The van der Waals surface area contributed by atoms with E-state index >= 15 is 0 Å². The van der Waals surface area contributed by atoms with Crippen LogP contribution in [0.25, 0.3) is 0 Å². The van der Waals surface area contributed by atoms with Gasteiger partial charge in [0.15, 0.2) is 0 Å². The van der Waals surface area contributed by atoms with Crippen LogP contribution in [0, 0.1) is 0 Å². The Balaban J connectivity index is 2.88. The quantitative estimate of drug-likeness (QED) is 0.783. The van der Waals surface area contributed by atoms with Crippen LogP contribution < -0.4 is 4.90 Å². The first kappa shape index (κ1) is 13.5. The lowest BCUT2D eigenvalue weighted by atomic mass is 10.2. The van der Waals surface area contributed by atoms with Crippen molar-refractivity contribution in [3.63, 3.8) is 0 Å². The van der Waals surface area contributed by atoms with E-state index in [9.17, 15) is 4.79 Å². The van der Waals surface area contributed by atoms with Gasteiger partial charge < -0.3 is 9.80 Å². The molecule has 0 aromatic carbocycles. The zero-order valence-electron chi connectivity index (χ0n) is 11.1. The molecule has 1 rings (SSSR count). The van der Waals surface area contributed by atoms with E-state index in [2.05, 4.69) is 11.9 Å². The van der Waals surface area contributed by atoms with Crippen LogP contribution in [0.1, 0.15) is 30.1 Å². The fourth-order valence-electron chi connectivity index (χ4n) is 1.62. The minimum absolute atomic E-state index is 0.0373. The van der Waals surface area contributed by atoms with Crippen molar-refractivity contribution in [1.29, 1.82) is 0 Å². The third-order valence-corrected chi connectivity index (χ3v) is 2.63. The second kappa shape index (κ2) is 6.23. The molecule has 0 fully saturated rings. The molecule has 0 bridgehead atoms. The molecule has 1 amide bonds. The Bertz CT molecular complexity index is 377. The van der Waals surface area contributed by atoms with Crippen molar-refractivity contribution in [3.8, 4) is 0 Å². The summed E-state index contributed by atoms with van der Waals surface area (Å²) < 4.78 is 0. The second-order valence-corrected chi connectivity index (χ2v) is 4.35. The smallest absolute Gasteiger partial charge is 0.257 e. The van der Waals surface area contributed by atoms with Gasteiger partial charge in [-0.15, -0.1) is 0 Å². The molecule has 0 saturated carbocycles. The van der Waals surface area contributed by atoms with Crippen LogP contribution in [0.5, 0.6) is 0 Å². The zero-order chi connectivity index (χ0) is 12.8. The maximum absolute atomic E-state index is 12.2. The predicted octanol–water partition coefficient (Wildman–Crippen LogP) is 2.02. The Labute approximate surface area is 103 Å². The maximum atomic E-state index is 12.2. The molecule has 0 radical (unpaired) electrons. The number of rotatable bonds is 5. The van der Waals surface area contributed by atoms with Crippen molar-refractivity contribution >= 4 is 11.7 Å². The average molecular weight is 235 g/mol.